The summed E-state index contributed by atoms with van der Waals surface area (Å²) in [6, 6.07) is 6.14. The van der Waals surface area contributed by atoms with Gasteiger partial charge in [0.1, 0.15) is 6.35 Å². The summed E-state index contributed by atoms with van der Waals surface area (Å²) in [5, 5.41) is 0. The fourth-order valence-electron chi connectivity index (χ4n) is 1.34. The Balaban J connectivity index is 2.58. The van der Waals surface area contributed by atoms with E-state index in [1.165, 1.54) is 19.1 Å². The van der Waals surface area contributed by atoms with Gasteiger partial charge in [0.2, 0.25) is 0 Å². The van der Waals surface area contributed by atoms with E-state index in [4.69, 9.17) is 18.7 Å². The van der Waals surface area contributed by atoms with Crippen LogP contribution >= 0.6 is 7.60 Å². The molecule has 0 heterocycles. The van der Waals surface area contributed by atoms with E-state index in [0.717, 1.165) is 5.56 Å². The van der Waals surface area contributed by atoms with Crippen LogP contribution < -0.4 is 0 Å². The van der Waals surface area contributed by atoms with Crippen molar-refractivity contribution in [2.75, 3.05) is 13.0 Å². The molecule has 0 spiro atoms. The summed E-state index contributed by atoms with van der Waals surface area (Å²) in [5.41, 5.74) is 0.918. The number of ether oxygens (including phenoxy) is 1. The van der Waals surface area contributed by atoms with Crippen molar-refractivity contribution < 1.29 is 31.7 Å². The Morgan fingerprint density at radius 2 is 1.80 bits per heavy atom. The standard InChI is InChI=1S/C11H17O7PS/c1-9-3-5-11(6-4-9)20(15,16)18-10(2)7-17-8-19(12,13)14/h3-6,10H,7-8H2,1-2H3,(H2,12,13,14). The number of hydrogen-bond acceptors (Lipinski definition) is 5. The van der Waals surface area contributed by atoms with Crippen LogP contribution in [0.5, 0.6) is 0 Å². The van der Waals surface area contributed by atoms with Gasteiger partial charge in [-0.05, 0) is 26.0 Å². The molecule has 1 aromatic carbocycles. The maximum Gasteiger partial charge on any atom is 0.350 e. The van der Waals surface area contributed by atoms with Gasteiger partial charge < -0.3 is 14.5 Å². The first-order valence-electron chi connectivity index (χ1n) is 5.72. The lowest BCUT2D eigenvalue weighted by Crippen LogP contribution is -2.21. The molecule has 1 aromatic rings. The molecule has 114 valence electrons. The minimum absolute atomic E-state index is 0.0185. The minimum Gasteiger partial charge on any atom is -0.366 e. The molecule has 0 aliphatic heterocycles. The molecular weight excluding hydrogens is 307 g/mol. The topological polar surface area (TPSA) is 110 Å². The van der Waals surface area contributed by atoms with Crippen LogP contribution in [0.4, 0.5) is 0 Å². The zero-order valence-corrected chi connectivity index (χ0v) is 12.8. The van der Waals surface area contributed by atoms with Gasteiger partial charge in [-0.3, -0.25) is 8.75 Å². The van der Waals surface area contributed by atoms with E-state index in [-0.39, 0.29) is 11.5 Å². The second-order valence-corrected chi connectivity index (χ2v) is 7.50. The summed E-state index contributed by atoms with van der Waals surface area (Å²) in [6.07, 6.45) is -1.63. The zero-order valence-electron chi connectivity index (χ0n) is 11.1. The molecular formula is C11H17O7PS. The highest BCUT2D eigenvalue weighted by Gasteiger charge is 2.20. The lowest BCUT2D eigenvalue weighted by atomic mass is 10.2. The van der Waals surface area contributed by atoms with Gasteiger partial charge in [0.15, 0.2) is 0 Å². The SMILES string of the molecule is Cc1ccc(S(=O)(=O)OC(C)COCP(=O)(O)O)cc1. The molecule has 0 fully saturated rings. The number of hydrogen-bond donors (Lipinski definition) is 2. The first-order chi connectivity index (χ1) is 9.10. The summed E-state index contributed by atoms with van der Waals surface area (Å²) >= 11 is 0. The lowest BCUT2D eigenvalue weighted by molar-refractivity contribution is 0.0778. The average molecular weight is 324 g/mol. The van der Waals surface area contributed by atoms with Gasteiger partial charge in [0, 0.05) is 0 Å². The van der Waals surface area contributed by atoms with Gasteiger partial charge in [-0.15, -0.1) is 0 Å². The van der Waals surface area contributed by atoms with Gasteiger partial charge in [0.05, 0.1) is 17.6 Å². The third-order valence-corrected chi connectivity index (χ3v) is 4.16. The summed E-state index contributed by atoms with van der Waals surface area (Å²) in [7, 11) is -8.18. The Hall–Kier alpha value is -0.760. The number of rotatable bonds is 7. The zero-order chi connectivity index (χ0) is 15.4. The van der Waals surface area contributed by atoms with Crippen LogP contribution in [0.2, 0.25) is 0 Å². The lowest BCUT2D eigenvalue weighted by Gasteiger charge is -2.13. The molecule has 1 atom stereocenters. The monoisotopic (exact) mass is 324 g/mol. The van der Waals surface area contributed by atoms with Crippen molar-refractivity contribution in [3.63, 3.8) is 0 Å². The van der Waals surface area contributed by atoms with E-state index >= 15 is 0 Å². The highest BCUT2D eigenvalue weighted by molar-refractivity contribution is 7.86. The molecule has 2 N–H and O–H groups in total. The van der Waals surface area contributed by atoms with Crippen LogP contribution in [-0.4, -0.2) is 37.3 Å². The van der Waals surface area contributed by atoms with Crippen LogP contribution in [0.3, 0.4) is 0 Å². The van der Waals surface area contributed by atoms with Crippen molar-refractivity contribution in [3.05, 3.63) is 29.8 Å². The van der Waals surface area contributed by atoms with Crippen molar-refractivity contribution in [3.8, 4) is 0 Å². The van der Waals surface area contributed by atoms with Crippen LogP contribution in [0.1, 0.15) is 12.5 Å². The third kappa shape index (κ3) is 6.13. The van der Waals surface area contributed by atoms with E-state index in [0.29, 0.717) is 0 Å². The highest BCUT2D eigenvalue weighted by atomic mass is 32.2. The van der Waals surface area contributed by atoms with E-state index < -0.39 is 30.2 Å². The Labute approximate surface area is 117 Å². The maximum atomic E-state index is 11.9. The predicted molar refractivity (Wildman–Crippen MR) is 71.8 cm³/mol. The molecule has 1 rings (SSSR count). The Morgan fingerprint density at radius 3 is 2.30 bits per heavy atom. The van der Waals surface area contributed by atoms with Crippen LogP contribution in [0, 0.1) is 6.92 Å². The van der Waals surface area contributed by atoms with Crippen molar-refractivity contribution in [2.45, 2.75) is 24.8 Å². The van der Waals surface area contributed by atoms with Crippen LogP contribution in [-0.2, 0) is 23.6 Å². The molecule has 0 amide bonds. The Morgan fingerprint density at radius 1 is 1.25 bits per heavy atom. The molecule has 0 aromatic heterocycles. The smallest absolute Gasteiger partial charge is 0.350 e. The van der Waals surface area contributed by atoms with Crippen molar-refractivity contribution in [2.24, 2.45) is 0 Å². The van der Waals surface area contributed by atoms with Crippen molar-refractivity contribution in [1.29, 1.82) is 0 Å². The molecule has 7 nitrogen and oxygen atoms in total. The molecule has 0 bridgehead atoms. The second kappa shape index (κ2) is 6.80. The molecule has 0 aliphatic carbocycles. The van der Waals surface area contributed by atoms with Crippen LogP contribution in [0.15, 0.2) is 29.2 Å². The average Bonchev–Trinajstić information content (AvgIpc) is 2.26. The summed E-state index contributed by atoms with van der Waals surface area (Å²) in [5.74, 6) is 0. The Bertz CT molecular complexity index is 575. The van der Waals surface area contributed by atoms with Gasteiger partial charge >= 0.3 is 7.60 Å². The molecule has 0 radical (unpaired) electrons. The quantitative estimate of drug-likeness (QED) is 0.573. The molecule has 1 unspecified atom stereocenters. The van der Waals surface area contributed by atoms with Gasteiger partial charge in [-0.25, -0.2) is 0 Å². The molecule has 20 heavy (non-hydrogen) atoms. The van der Waals surface area contributed by atoms with E-state index in [2.05, 4.69) is 0 Å². The molecule has 0 saturated carbocycles. The molecule has 9 heteroatoms. The molecule has 0 saturated heterocycles. The summed E-state index contributed by atoms with van der Waals surface area (Å²) < 4.78 is 43.9. The van der Waals surface area contributed by atoms with E-state index in [1.54, 1.807) is 12.1 Å². The number of aryl methyl sites for hydroxylation is 1. The second-order valence-electron chi connectivity index (χ2n) is 4.34. The first-order valence-corrected chi connectivity index (χ1v) is 8.93. The fraction of sp³-hybridized carbons (Fsp3) is 0.455. The summed E-state index contributed by atoms with van der Waals surface area (Å²) in [4.78, 5) is 17.2. The van der Waals surface area contributed by atoms with Gasteiger partial charge in [-0.1, -0.05) is 17.7 Å². The largest absolute Gasteiger partial charge is 0.366 e. The first kappa shape index (κ1) is 17.3. The third-order valence-electron chi connectivity index (χ3n) is 2.21. The highest BCUT2D eigenvalue weighted by Crippen LogP contribution is 2.33. The van der Waals surface area contributed by atoms with Gasteiger partial charge in [-0.2, -0.15) is 8.42 Å². The van der Waals surface area contributed by atoms with Crippen molar-refractivity contribution in [1.82, 2.24) is 0 Å². The predicted octanol–water partition coefficient (Wildman–Crippen LogP) is 1.24. The van der Waals surface area contributed by atoms with E-state index in [9.17, 15) is 13.0 Å². The fourth-order valence-corrected chi connectivity index (χ4v) is 2.75. The maximum absolute atomic E-state index is 11.9. The summed E-state index contributed by atoms with van der Waals surface area (Å²) in [6.45, 7) is 3.03. The van der Waals surface area contributed by atoms with Gasteiger partial charge in [0.25, 0.3) is 10.1 Å². The minimum atomic E-state index is -4.26. The number of benzene rings is 1. The van der Waals surface area contributed by atoms with E-state index in [1.807, 2.05) is 6.92 Å². The van der Waals surface area contributed by atoms with Crippen molar-refractivity contribution >= 4 is 17.7 Å². The van der Waals surface area contributed by atoms with Crippen LogP contribution in [0.25, 0.3) is 0 Å². The molecule has 0 aliphatic rings. The normalized spacial score (nSPS) is 14.2. The Kier molecular flexibility index (Phi) is 5.88.